The van der Waals surface area contributed by atoms with Crippen LogP contribution >= 0.6 is 11.3 Å². The summed E-state index contributed by atoms with van der Waals surface area (Å²) in [5.74, 6) is 1.03. The van der Waals surface area contributed by atoms with E-state index in [1.807, 2.05) is 23.1 Å². The van der Waals surface area contributed by atoms with Crippen LogP contribution in [0.4, 0.5) is 10.9 Å². The van der Waals surface area contributed by atoms with Crippen LogP contribution in [0.25, 0.3) is 0 Å². The highest BCUT2D eigenvalue weighted by atomic mass is 32.1. The summed E-state index contributed by atoms with van der Waals surface area (Å²) in [4.78, 5) is 39.0. The molecule has 0 spiro atoms. The molecule has 1 aliphatic heterocycles. The Hall–Kier alpha value is -2.48. The van der Waals surface area contributed by atoms with Gasteiger partial charge in [0, 0.05) is 50.1 Å². The second kappa shape index (κ2) is 9.35. The summed E-state index contributed by atoms with van der Waals surface area (Å²) >= 11 is 1.60. The molecule has 2 aromatic rings. The van der Waals surface area contributed by atoms with Crippen molar-refractivity contribution < 1.29 is 9.59 Å². The summed E-state index contributed by atoms with van der Waals surface area (Å²) in [6.07, 6.45) is 7.60. The molecule has 1 fully saturated rings. The third-order valence-corrected chi connectivity index (χ3v) is 6.56. The van der Waals surface area contributed by atoms with Gasteiger partial charge in [0.25, 0.3) is 0 Å². The first-order valence-electron chi connectivity index (χ1n) is 10.4. The summed E-state index contributed by atoms with van der Waals surface area (Å²) < 4.78 is 0. The number of piperazine rings is 1. The van der Waals surface area contributed by atoms with E-state index in [4.69, 9.17) is 0 Å². The number of aryl methyl sites for hydroxylation is 2. The summed E-state index contributed by atoms with van der Waals surface area (Å²) in [7, 11) is 0. The molecule has 0 saturated carbocycles. The quantitative estimate of drug-likeness (QED) is 0.788. The Bertz CT molecular complexity index is 823. The van der Waals surface area contributed by atoms with Gasteiger partial charge in [-0.15, -0.1) is 11.3 Å². The van der Waals surface area contributed by atoms with Crippen LogP contribution in [0.15, 0.2) is 24.4 Å². The molecule has 0 unspecified atom stereocenters. The number of amides is 2. The number of nitrogens with one attached hydrogen (secondary N) is 1. The van der Waals surface area contributed by atoms with E-state index in [0.29, 0.717) is 37.5 Å². The number of nitrogens with zero attached hydrogens (tertiary/aromatic N) is 4. The maximum absolute atomic E-state index is 12.5. The number of carbonyl (C=O) groups is 2. The van der Waals surface area contributed by atoms with Gasteiger partial charge in [-0.3, -0.25) is 9.59 Å². The molecule has 7 nitrogen and oxygen atoms in total. The van der Waals surface area contributed by atoms with Gasteiger partial charge in [-0.1, -0.05) is 6.07 Å². The molecular weight excluding hydrogens is 386 g/mol. The number of pyridine rings is 1. The Morgan fingerprint density at radius 3 is 2.66 bits per heavy atom. The minimum atomic E-state index is -0.0520. The van der Waals surface area contributed by atoms with Crippen molar-refractivity contribution in [1.82, 2.24) is 14.9 Å². The topological polar surface area (TPSA) is 78.4 Å². The summed E-state index contributed by atoms with van der Waals surface area (Å²) in [6, 6.07) is 5.88. The smallest absolute Gasteiger partial charge is 0.226 e. The molecule has 154 valence electrons. The maximum Gasteiger partial charge on any atom is 0.226 e. The fourth-order valence-electron chi connectivity index (χ4n) is 3.87. The molecule has 2 amide bonds. The van der Waals surface area contributed by atoms with E-state index in [9.17, 15) is 9.59 Å². The van der Waals surface area contributed by atoms with Gasteiger partial charge in [0.1, 0.15) is 5.82 Å². The van der Waals surface area contributed by atoms with Gasteiger partial charge < -0.3 is 15.1 Å². The monoisotopic (exact) mass is 413 g/mol. The van der Waals surface area contributed by atoms with Crippen molar-refractivity contribution in [2.24, 2.45) is 0 Å². The van der Waals surface area contributed by atoms with E-state index >= 15 is 0 Å². The SMILES string of the molecule is O=C(CCCC(=O)N1CCN(c2ccccn2)CC1)Nc1nc2c(s1)CCCC2. The highest BCUT2D eigenvalue weighted by Crippen LogP contribution is 2.29. The maximum atomic E-state index is 12.5. The highest BCUT2D eigenvalue weighted by Gasteiger charge is 2.22. The average Bonchev–Trinajstić information content (AvgIpc) is 3.16. The van der Waals surface area contributed by atoms with E-state index in [2.05, 4.69) is 20.2 Å². The third kappa shape index (κ3) is 5.12. The molecule has 2 aliphatic rings. The Morgan fingerprint density at radius 2 is 1.90 bits per heavy atom. The van der Waals surface area contributed by atoms with E-state index < -0.39 is 0 Å². The molecule has 2 aromatic heterocycles. The van der Waals surface area contributed by atoms with Gasteiger partial charge in [-0.25, -0.2) is 9.97 Å². The molecule has 29 heavy (non-hydrogen) atoms. The number of fused-ring (bicyclic) bond motifs is 1. The molecule has 4 rings (SSSR count). The van der Waals surface area contributed by atoms with Crippen LogP contribution in [-0.2, 0) is 22.4 Å². The number of rotatable bonds is 6. The van der Waals surface area contributed by atoms with Gasteiger partial charge in [0.15, 0.2) is 5.13 Å². The van der Waals surface area contributed by atoms with Crippen molar-refractivity contribution in [1.29, 1.82) is 0 Å². The van der Waals surface area contributed by atoms with Crippen LogP contribution in [0.3, 0.4) is 0 Å². The van der Waals surface area contributed by atoms with E-state index in [1.54, 1.807) is 17.5 Å². The van der Waals surface area contributed by atoms with E-state index in [0.717, 1.165) is 37.4 Å². The fourth-order valence-corrected chi connectivity index (χ4v) is 4.94. The van der Waals surface area contributed by atoms with Gasteiger partial charge in [0.2, 0.25) is 11.8 Å². The molecule has 1 N–H and O–H groups in total. The number of anilines is 2. The van der Waals surface area contributed by atoms with Crippen LogP contribution in [-0.4, -0.2) is 52.9 Å². The predicted molar refractivity (Wildman–Crippen MR) is 114 cm³/mol. The van der Waals surface area contributed by atoms with Crippen LogP contribution in [0.5, 0.6) is 0 Å². The van der Waals surface area contributed by atoms with Crippen LogP contribution in [0, 0.1) is 0 Å². The van der Waals surface area contributed by atoms with Crippen molar-refractivity contribution in [2.75, 3.05) is 36.4 Å². The lowest BCUT2D eigenvalue weighted by atomic mass is 10.0. The van der Waals surface area contributed by atoms with E-state index in [1.165, 1.54) is 17.7 Å². The molecule has 3 heterocycles. The normalized spacial score (nSPS) is 16.4. The molecule has 0 radical (unpaired) electrons. The number of thiazole rings is 1. The van der Waals surface area contributed by atoms with Crippen LogP contribution < -0.4 is 10.2 Å². The minimum absolute atomic E-state index is 0.0520. The largest absolute Gasteiger partial charge is 0.353 e. The molecular formula is C21H27N5O2S. The Morgan fingerprint density at radius 1 is 1.07 bits per heavy atom. The molecule has 0 bridgehead atoms. The number of carbonyl (C=O) groups excluding carboxylic acids is 2. The van der Waals surface area contributed by atoms with Crippen molar-refractivity contribution >= 4 is 34.1 Å². The first kappa shape index (κ1) is 19.8. The second-order valence-corrected chi connectivity index (χ2v) is 8.64. The Kier molecular flexibility index (Phi) is 6.39. The summed E-state index contributed by atoms with van der Waals surface area (Å²) in [6.45, 7) is 2.98. The first-order chi connectivity index (χ1) is 14.2. The van der Waals surface area contributed by atoms with Crippen LogP contribution in [0.2, 0.25) is 0 Å². The molecule has 1 saturated heterocycles. The fraction of sp³-hybridized carbons (Fsp3) is 0.524. The zero-order valence-electron chi connectivity index (χ0n) is 16.6. The van der Waals surface area contributed by atoms with Crippen molar-refractivity contribution in [3.05, 3.63) is 35.0 Å². The van der Waals surface area contributed by atoms with Gasteiger partial charge in [-0.05, 0) is 44.2 Å². The second-order valence-electron chi connectivity index (χ2n) is 7.55. The molecule has 1 aliphatic carbocycles. The molecule has 0 aromatic carbocycles. The van der Waals surface area contributed by atoms with Gasteiger partial charge in [-0.2, -0.15) is 0 Å². The number of aromatic nitrogens is 2. The highest BCUT2D eigenvalue weighted by molar-refractivity contribution is 7.15. The minimum Gasteiger partial charge on any atom is -0.353 e. The van der Waals surface area contributed by atoms with Gasteiger partial charge >= 0.3 is 0 Å². The third-order valence-electron chi connectivity index (χ3n) is 5.49. The Balaban J connectivity index is 1.16. The number of hydrogen-bond donors (Lipinski definition) is 1. The first-order valence-corrected chi connectivity index (χ1v) is 11.2. The summed E-state index contributed by atoms with van der Waals surface area (Å²) in [5.41, 5.74) is 1.15. The predicted octanol–water partition coefficient (Wildman–Crippen LogP) is 2.87. The zero-order chi connectivity index (χ0) is 20.1. The Labute approximate surface area is 175 Å². The lowest BCUT2D eigenvalue weighted by Crippen LogP contribution is -2.49. The lowest BCUT2D eigenvalue weighted by molar-refractivity contribution is -0.131. The molecule has 0 atom stereocenters. The van der Waals surface area contributed by atoms with Gasteiger partial charge in [0.05, 0.1) is 5.69 Å². The van der Waals surface area contributed by atoms with Crippen LogP contribution in [0.1, 0.15) is 42.7 Å². The van der Waals surface area contributed by atoms with Crippen molar-refractivity contribution in [2.45, 2.75) is 44.9 Å². The number of hydrogen-bond acceptors (Lipinski definition) is 6. The lowest BCUT2D eigenvalue weighted by Gasteiger charge is -2.35. The zero-order valence-corrected chi connectivity index (χ0v) is 17.4. The van der Waals surface area contributed by atoms with E-state index in [-0.39, 0.29) is 11.8 Å². The standard InChI is InChI=1S/C21H27N5O2S/c27-19(24-21-23-16-6-1-2-7-17(16)29-21)9-5-10-20(28)26-14-12-25(13-15-26)18-8-3-4-11-22-18/h3-4,8,11H,1-2,5-7,9-10,12-15H2,(H,23,24,27). The van der Waals surface area contributed by atoms with Crippen molar-refractivity contribution in [3.8, 4) is 0 Å². The average molecular weight is 414 g/mol. The molecule has 8 heteroatoms. The van der Waals surface area contributed by atoms with Crippen molar-refractivity contribution in [3.63, 3.8) is 0 Å². The summed E-state index contributed by atoms with van der Waals surface area (Å²) in [5, 5.41) is 3.61.